The van der Waals surface area contributed by atoms with Crippen molar-refractivity contribution >= 4 is 39.4 Å². The Labute approximate surface area is 155 Å². The van der Waals surface area contributed by atoms with Gasteiger partial charge in [0.05, 0.1) is 10.9 Å². The van der Waals surface area contributed by atoms with Crippen molar-refractivity contribution in [1.29, 1.82) is 0 Å². The van der Waals surface area contributed by atoms with Gasteiger partial charge >= 0.3 is 5.63 Å². The van der Waals surface area contributed by atoms with E-state index < -0.39 is 5.63 Å². The highest BCUT2D eigenvalue weighted by molar-refractivity contribution is 6.30. The first-order valence-corrected chi connectivity index (χ1v) is 8.74. The summed E-state index contributed by atoms with van der Waals surface area (Å²) >= 11 is 6.03. The Balaban J connectivity index is 2.12. The third-order valence-corrected chi connectivity index (χ3v) is 4.32. The molecular weight excluding hydrogens is 350 g/mol. The predicted molar refractivity (Wildman–Crippen MR) is 106 cm³/mol. The molecule has 26 heavy (non-hydrogen) atoms. The first-order valence-electron chi connectivity index (χ1n) is 8.36. The van der Waals surface area contributed by atoms with Crippen LogP contribution in [0.15, 0.2) is 62.2 Å². The van der Waals surface area contributed by atoms with Crippen LogP contribution in [0.1, 0.15) is 20.8 Å². The summed E-state index contributed by atoms with van der Waals surface area (Å²) in [4.78, 5) is 12.8. The minimum atomic E-state index is -0.422. The van der Waals surface area contributed by atoms with Gasteiger partial charge in [-0.3, -0.25) is 0 Å². The number of nitrogens with one attached hydrogen (secondary N) is 1. The first kappa shape index (κ1) is 16.7. The molecule has 1 N–H and O–H groups in total. The van der Waals surface area contributed by atoms with Gasteiger partial charge in [0, 0.05) is 10.6 Å². The molecule has 0 saturated heterocycles. The second-order valence-electron chi connectivity index (χ2n) is 7.28. The lowest BCUT2D eigenvalue weighted by molar-refractivity contribution is 0.557. The molecule has 0 aliphatic heterocycles. The molecular formula is C21H18ClNO3. The number of benzene rings is 2. The molecule has 0 amide bonds. The molecule has 2 heterocycles. The lowest BCUT2D eigenvalue weighted by Gasteiger charge is -2.21. The number of furan rings is 1. The normalized spacial score (nSPS) is 12.0. The van der Waals surface area contributed by atoms with Crippen LogP contribution in [0.2, 0.25) is 5.02 Å². The number of anilines is 1. The molecule has 0 aliphatic rings. The highest BCUT2D eigenvalue weighted by Gasteiger charge is 2.24. The van der Waals surface area contributed by atoms with E-state index in [-0.39, 0.29) is 5.54 Å². The van der Waals surface area contributed by atoms with Crippen molar-refractivity contribution in [2.75, 3.05) is 5.32 Å². The van der Waals surface area contributed by atoms with Crippen LogP contribution in [0.3, 0.4) is 0 Å². The number of rotatable bonds is 2. The van der Waals surface area contributed by atoms with Crippen molar-refractivity contribution in [1.82, 2.24) is 0 Å². The smallest absolute Gasteiger partial charge is 0.348 e. The van der Waals surface area contributed by atoms with E-state index in [2.05, 4.69) is 5.32 Å². The zero-order chi connectivity index (χ0) is 18.5. The van der Waals surface area contributed by atoms with Crippen molar-refractivity contribution < 1.29 is 8.83 Å². The predicted octanol–water partition coefficient (Wildman–Crippen LogP) is 6.07. The molecule has 0 aliphatic carbocycles. The van der Waals surface area contributed by atoms with Gasteiger partial charge in [0.1, 0.15) is 11.0 Å². The zero-order valence-electron chi connectivity index (χ0n) is 14.7. The summed E-state index contributed by atoms with van der Waals surface area (Å²) in [5.41, 5.74) is 1.88. The quantitative estimate of drug-likeness (QED) is 0.437. The summed E-state index contributed by atoms with van der Waals surface area (Å²) in [5.74, 6) is 0.540. The molecule has 2 aromatic carbocycles. The van der Waals surface area contributed by atoms with Crippen molar-refractivity contribution in [3.63, 3.8) is 0 Å². The van der Waals surface area contributed by atoms with Crippen LogP contribution in [0.5, 0.6) is 0 Å². The molecule has 0 bridgehead atoms. The molecule has 132 valence electrons. The standard InChI is InChI=1S/C21H18ClNO3/c1-21(2,3)23-19-16(12-8-10-13(22)11-9-12)17-18(26-19)14-6-4-5-7-15(14)25-20(17)24/h4-11,23H,1-3H3. The van der Waals surface area contributed by atoms with E-state index in [9.17, 15) is 4.79 Å². The lowest BCUT2D eigenvalue weighted by Crippen LogP contribution is -2.26. The summed E-state index contributed by atoms with van der Waals surface area (Å²) in [6, 6.07) is 14.7. The second kappa shape index (κ2) is 5.92. The first-order chi connectivity index (χ1) is 12.3. The summed E-state index contributed by atoms with van der Waals surface area (Å²) < 4.78 is 11.7. The fourth-order valence-electron chi connectivity index (χ4n) is 3.03. The Kier molecular flexibility index (Phi) is 3.81. The maximum absolute atomic E-state index is 12.8. The van der Waals surface area contributed by atoms with Gasteiger partial charge in [0.25, 0.3) is 0 Å². The Hall–Kier alpha value is -2.72. The highest BCUT2D eigenvalue weighted by Crippen LogP contribution is 2.40. The number of para-hydroxylation sites is 1. The third-order valence-electron chi connectivity index (χ3n) is 4.07. The molecule has 0 fully saturated rings. The summed E-state index contributed by atoms with van der Waals surface area (Å²) in [7, 11) is 0. The number of hydrogen-bond donors (Lipinski definition) is 1. The monoisotopic (exact) mass is 367 g/mol. The molecule has 0 radical (unpaired) electrons. The van der Waals surface area contributed by atoms with Gasteiger partial charge in [-0.25, -0.2) is 4.79 Å². The van der Waals surface area contributed by atoms with Gasteiger partial charge in [0.2, 0.25) is 5.88 Å². The van der Waals surface area contributed by atoms with E-state index >= 15 is 0 Å². The van der Waals surface area contributed by atoms with Gasteiger partial charge < -0.3 is 14.2 Å². The van der Waals surface area contributed by atoms with Gasteiger partial charge in [-0.2, -0.15) is 0 Å². The molecule has 4 aromatic rings. The Morgan fingerprint density at radius 1 is 0.962 bits per heavy atom. The summed E-state index contributed by atoms with van der Waals surface area (Å²) in [6.45, 7) is 6.10. The maximum atomic E-state index is 12.8. The van der Waals surface area contributed by atoms with Crippen LogP contribution in [-0.4, -0.2) is 5.54 Å². The largest absolute Gasteiger partial charge is 0.439 e. The maximum Gasteiger partial charge on any atom is 0.348 e. The van der Waals surface area contributed by atoms with Crippen LogP contribution in [0, 0.1) is 0 Å². The van der Waals surface area contributed by atoms with Crippen LogP contribution in [-0.2, 0) is 0 Å². The van der Waals surface area contributed by atoms with E-state index in [1.807, 2.05) is 51.1 Å². The van der Waals surface area contributed by atoms with E-state index in [1.165, 1.54) is 0 Å². The Bertz CT molecular complexity index is 1160. The molecule has 2 aromatic heterocycles. The summed E-state index contributed by atoms with van der Waals surface area (Å²) in [6.07, 6.45) is 0. The van der Waals surface area contributed by atoms with Gasteiger partial charge in [-0.1, -0.05) is 35.9 Å². The topological polar surface area (TPSA) is 55.4 Å². The van der Waals surface area contributed by atoms with Gasteiger partial charge in [-0.05, 0) is 50.6 Å². The van der Waals surface area contributed by atoms with Gasteiger partial charge in [0.15, 0.2) is 5.58 Å². The van der Waals surface area contributed by atoms with E-state index in [0.29, 0.717) is 33.0 Å². The van der Waals surface area contributed by atoms with Crippen LogP contribution < -0.4 is 10.9 Å². The van der Waals surface area contributed by atoms with Crippen molar-refractivity contribution in [2.45, 2.75) is 26.3 Å². The molecule has 0 saturated carbocycles. The Morgan fingerprint density at radius 3 is 2.35 bits per heavy atom. The van der Waals surface area contributed by atoms with Crippen LogP contribution >= 0.6 is 11.6 Å². The SMILES string of the molecule is CC(C)(C)Nc1oc2c(c1-c1ccc(Cl)cc1)c(=O)oc1ccccc12. The molecule has 4 nitrogen and oxygen atoms in total. The van der Waals surface area contributed by atoms with Crippen LogP contribution in [0.25, 0.3) is 33.1 Å². The zero-order valence-corrected chi connectivity index (χ0v) is 15.5. The number of fused-ring (bicyclic) bond motifs is 3. The van der Waals surface area contributed by atoms with E-state index in [0.717, 1.165) is 10.9 Å². The van der Waals surface area contributed by atoms with Crippen molar-refractivity contribution in [3.8, 4) is 11.1 Å². The fourth-order valence-corrected chi connectivity index (χ4v) is 3.16. The molecule has 0 atom stereocenters. The number of hydrogen-bond acceptors (Lipinski definition) is 4. The molecule has 4 rings (SSSR count). The lowest BCUT2D eigenvalue weighted by atomic mass is 10.0. The molecule has 0 unspecified atom stereocenters. The van der Waals surface area contributed by atoms with E-state index in [1.54, 1.807) is 18.2 Å². The molecule has 5 heteroatoms. The third kappa shape index (κ3) is 2.86. The fraction of sp³-hybridized carbons (Fsp3) is 0.190. The van der Waals surface area contributed by atoms with Crippen LogP contribution in [0.4, 0.5) is 5.88 Å². The second-order valence-corrected chi connectivity index (χ2v) is 7.71. The van der Waals surface area contributed by atoms with Crippen molar-refractivity contribution in [2.24, 2.45) is 0 Å². The summed E-state index contributed by atoms with van der Waals surface area (Å²) in [5, 5.41) is 5.18. The average molecular weight is 368 g/mol. The molecule has 0 spiro atoms. The Morgan fingerprint density at radius 2 is 1.65 bits per heavy atom. The van der Waals surface area contributed by atoms with E-state index in [4.69, 9.17) is 20.4 Å². The minimum absolute atomic E-state index is 0.245. The van der Waals surface area contributed by atoms with Gasteiger partial charge in [-0.15, -0.1) is 0 Å². The minimum Gasteiger partial charge on any atom is -0.439 e. The number of halogens is 1. The highest BCUT2D eigenvalue weighted by atomic mass is 35.5. The average Bonchev–Trinajstić information content (AvgIpc) is 2.94. The van der Waals surface area contributed by atoms with Crippen molar-refractivity contribution in [3.05, 3.63) is 64.0 Å².